The fourth-order valence-corrected chi connectivity index (χ4v) is 4.12. The van der Waals surface area contributed by atoms with Gasteiger partial charge in [0.05, 0.1) is 11.8 Å². The number of amidine groups is 1. The summed E-state index contributed by atoms with van der Waals surface area (Å²) in [7, 11) is 0. The second-order valence-electron chi connectivity index (χ2n) is 2.47. The molecule has 56 valence electrons. The van der Waals surface area contributed by atoms with Gasteiger partial charge in [-0.3, -0.25) is 4.99 Å². The van der Waals surface area contributed by atoms with E-state index >= 15 is 0 Å². The van der Waals surface area contributed by atoms with E-state index in [1.54, 1.807) is 0 Å². The number of hydrogen-bond donors (Lipinski definition) is 1. The van der Waals surface area contributed by atoms with E-state index in [4.69, 9.17) is 5.73 Å². The third-order valence-electron chi connectivity index (χ3n) is 1.80. The first-order chi connectivity index (χ1) is 4.88. The summed E-state index contributed by atoms with van der Waals surface area (Å²) >= 11 is 3.99. The summed E-state index contributed by atoms with van der Waals surface area (Å²) in [5, 5.41) is 1.23. The Balaban J connectivity index is 2.08. The molecule has 2 N–H and O–H groups in total. The third kappa shape index (κ3) is 1.03. The molecule has 2 atom stereocenters. The van der Waals surface area contributed by atoms with Crippen LogP contribution in [-0.2, 0) is 0 Å². The van der Waals surface area contributed by atoms with Crippen LogP contribution in [0.5, 0.6) is 0 Å². The van der Waals surface area contributed by atoms with Crippen molar-refractivity contribution < 1.29 is 0 Å². The minimum atomic E-state index is 0.541. The zero-order valence-electron chi connectivity index (χ0n) is 5.62. The van der Waals surface area contributed by atoms with Crippen LogP contribution in [-0.4, -0.2) is 34.4 Å². The molecule has 2 aliphatic heterocycles. The highest BCUT2D eigenvalue weighted by molar-refractivity contribution is 8.07. The first-order valence-corrected chi connectivity index (χ1v) is 5.51. The number of nitrogens with two attached hydrogens (primary N) is 1. The van der Waals surface area contributed by atoms with Crippen LogP contribution in [0.2, 0.25) is 0 Å². The Hall–Kier alpha value is 0.170. The SMILES string of the molecule is NC1=NCC2SCCSC12. The summed E-state index contributed by atoms with van der Waals surface area (Å²) in [5.41, 5.74) is 5.71. The van der Waals surface area contributed by atoms with Crippen molar-refractivity contribution in [3.63, 3.8) is 0 Å². The van der Waals surface area contributed by atoms with Crippen LogP contribution < -0.4 is 5.73 Å². The van der Waals surface area contributed by atoms with Gasteiger partial charge in [-0.1, -0.05) is 0 Å². The monoisotopic (exact) mass is 174 g/mol. The van der Waals surface area contributed by atoms with Crippen molar-refractivity contribution in [1.82, 2.24) is 0 Å². The van der Waals surface area contributed by atoms with E-state index in [1.807, 2.05) is 23.5 Å². The van der Waals surface area contributed by atoms with Gasteiger partial charge >= 0.3 is 0 Å². The third-order valence-corrected chi connectivity index (χ3v) is 4.88. The molecule has 2 nitrogen and oxygen atoms in total. The number of rotatable bonds is 0. The maximum Gasteiger partial charge on any atom is 0.108 e. The Morgan fingerprint density at radius 1 is 1.40 bits per heavy atom. The van der Waals surface area contributed by atoms with Crippen molar-refractivity contribution in [3.05, 3.63) is 0 Å². The number of aliphatic imine (C=N–C) groups is 1. The topological polar surface area (TPSA) is 38.4 Å². The summed E-state index contributed by atoms with van der Waals surface area (Å²) in [6.07, 6.45) is 0. The van der Waals surface area contributed by atoms with Gasteiger partial charge in [-0.2, -0.15) is 11.8 Å². The van der Waals surface area contributed by atoms with Crippen molar-refractivity contribution in [3.8, 4) is 0 Å². The Bertz CT molecular complexity index is 169. The molecule has 1 fully saturated rings. The standard InChI is InChI=1S/C6H10N2S2/c7-6-5-4(3-8-6)9-1-2-10-5/h4-5H,1-3H2,(H2,7,8). The van der Waals surface area contributed by atoms with Crippen molar-refractivity contribution >= 4 is 29.4 Å². The predicted molar refractivity (Wildman–Crippen MR) is 49.0 cm³/mol. The summed E-state index contributed by atoms with van der Waals surface area (Å²) < 4.78 is 0. The van der Waals surface area contributed by atoms with Gasteiger partial charge < -0.3 is 5.73 Å². The lowest BCUT2D eigenvalue weighted by Crippen LogP contribution is -2.33. The van der Waals surface area contributed by atoms with Crippen molar-refractivity contribution in [1.29, 1.82) is 0 Å². The first-order valence-electron chi connectivity index (χ1n) is 3.41. The molecule has 4 heteroatoms. The molecular weight excluding hydrogens is 164 g/mol. The van der Waals surface area contributed by atoms with Crippen LogP contribution in [0.15, 0.2) is 4.99 Å². The van der Waals surface area contributed by atoms with Crippen LogP contribution in [0.3, 0.4) is 0 Å². The van der Waals surface area contributed by atoms with E-state index in [0.717, 1.165) is 12.4 Å². The molecule has 2 unspecified atom stereocenters. The van der Waals surface area contributed by atoms with E-state index in [9.17, 15) is 0 Å². The average Bonchev–Trinajstić information content (AvgIpc) is 2.34. The lowest BCUT2D eigenvalue weighted by Gasteiger charge is -2.23. The summed E-state index contributed by atoms with van der Waals surface area (Å²) in [4.78, 5) is 4.23. The fraction of sp³-hybridized carbons (Fsp3) is 0.833. The Kier molecular flexibility index (Phi) is 1.82. The lowest BCUT2D eigenvalue weighted by molar-refractivity contribution is 0.975. The van der Waals surface area contributed by atoms with Crippen LogP contribution in [0.1, 0.15) is 0 Å². The molecule has 0 aromatic rings. The summed E-state index contributed by atoms with van der Waals surface area (Å²) in [5.74, 6) is 3.39. The van der Waals surface area contributed by atoms with Crippen molar-refractivity contribution in [2.75, 3.05) is 18.1 Å². The highest BCUT2D eigenvalue weighted by atomic mass is 32.2. The second kappa shape index (κ2) is 2.66. The van der Waals surface area contributed by atoms with E-state index in [2.05, 4.69) is 4.99 Å². The number of hydrogen-bond acceptors (Lipinski definition) is 4. The largest absolute Gasteiger partial charge is 0.387 e. The first kappa shape index (κ1) is 6.85. The van der Waals surface area contributed by atoms with Crippen molar-refractivity contribution in [2.24, 2.45) is 10.7 Å². The molecule has 0 aromatic carbocycles. The van der Waals surface area contributed by atoms with E-state index < -0.39 is 0 Å². The van der Waals surface area contributed by atoms with E-state index in [-0.39, 0.29) is 0 Å². The Morgan fingerprint density at radius 2 is 2.20 bits per heavy atom. The number of thioether (sulfide) groups is 2. The van der Waals surface area contributed by atoms with E-state index in [0.29, 0.717) is 10.5 Å². The molecule has 0 aromatic heterocycles. The quantitative estimate of drug-likeness (QED) is 0.583. The van der Waals surface area contributed by atoms with Gasteiger partial charge in [0.2, 0.25) is 0 Å². The highest BCUT2D eigenvalue weighted by Crippen LogP contribution is 2.34. The maximum absolute atomic E-state index is 5.71. The molecular formula is C6H10N2S2. The van der Waals surface area contributed by atoms with Crippen LogP contribution in [0, 0.1) is 0 Å². The van der Waals surface area contributed by atoms with Crippen molar-refractivity contribution in [2.45, 2.75) is 10.5 Å². The van der Waals surface area contributed by atoms with Gasteiger partial charge in [-0.15, -0.1) is 11.8 Å². The predicted octanol–water partition coefficient (Wildman–Crippen LogP) is 0.574. The number of fused-ring (bicyclic) bond motifs is 1. The van der Waals surface area contributed by atoms with Gasteiger partial charge in [0.15, 0.2) is 0 Å². The number of nitrogens with zero attached hydrogens (tertiary/aromatic N) is 1. The van der Waals surface area contributed by atoms with Crippen LogP contribution >= 0.6 is 23.5 Å². The lowest BCUT2D eigenvalue weighted by atomic mass is 10.3. The second-order valence-corrected chi connectivity index (χ2v) is 5.06. The van der Waals surface area contributed by atoms with Crippen LogP contribution in [0.4, 0.5) is 0 Å². The van der Waals surface area contributed by atoms with Gasteiger partial charge in [-0.05, 0) is 0 Å². The molecule has 0 radical (unpaired) electrons. The molecule has 1 saturated heterocycles. The average molecular weight is 174 g/mol. The molecule has 0 bridgehead atoms. The smallest absolute Gasteiger partial charge is 0.108 e. The van der Waals surface area contributed by atoms with Gasteiger partial charge in [-0.25, -0.2) is 0 Å². The molecule has 2 heterocycles. The minimum absolute atomic E-state index is 0.541. The fourth-order valence-electron chi connectivity index (χ4n) is 1.28. The molecule has 10 heavy (non-hydrogen) atoms. The van der Waals surface area contributed by atoms with Gasteiger partial charge in [0.25, 0.3) is 0 Å². The van der Waals surface area contributed by atoms with Gasteiger partial charge in [0.1, 0.15) is 5.84 Å². The van der Waals surface area contributed by atoms with E-state index in [1.165, 1.54) is 11.5 Å². The van der Waals surface area contributed by atoms with Gasteiger partial charge in [0, 0.05) is 16.8 Å². The maximum atomic E-state index is 5.71. The Morgan fingerprint density at radius 3 is 3.00 bits per heavy atom. The Labute approximate surface area is 69.0 Å². The zero-order chi connectivity index (χ0) is 6.97. The summed E-state index contributed by atoms with van der Waals surface area (Å²) in [6, 6.07) is 0. The normalized spacial score (nSPS) is 39.0. The molecule has 0 aliphatic carbocycles. The van der Waals surface area contributed by atoms with Crippen LogP contribution in [0.25, 0.3) is 0 Å². The molecule has 0 saturated carbocycles. The molecule has 2 aliphatic rings. The summed E-state index contributed by atoms with van der Waals surface area (Å²) in [6.45, 7) is 0.953. The zero-order valence-corrected chi connectivity index (χ0v) is 7.25. The molecule has 2 rings (SSSR count). The highest BCUT2D eigenvalue weighted by Gasteiger charge is 2.32. The molecule has 0 spiro atoms. The molecule has 0 amide bonds. The minimum Gasteiger partial charge on any atom is -0.387 e.